The molecular weight excluding hydrogens is 359 g/mol. The Morgan fingerprint density at radius 1 is 1.29 bits per heavy atom. The predicted molar refractivity (Wildman–Crippen MR) is 86.3 cm³/mol. The Labute approximate surface area is 147 Å². The zero-order chi connectivity index (χ0) is 17.7. The van der Waals surface area contributed by atoms with E-state index in [1.807, 2.05) is 0 Å². The lowest BCUT2D eigenvalue weighted by Crippen LogP contribution is -2.42. The van der Waals surface area contributed by atoms with Gasteiger partial charge >= 0.3 is 5.97 Å². The second-order valence-corrected chi connectivity index (χ2v) is 5.83. The number of hydrogen-bond donors (Lipinski definition) is 2. The zero-order valence-corrected chi connectivity index (χ0v) is 14.1. The molecule has 0 aliphatic heterocycles. The monoisotopic (exact) mass is 372 g/mol. The third-order valence-electron chi connectivity index (χ3n) is 3.04. The summed E-state index contributed by atoms with van der Waals surface area (Å²) < 4.78 is 9.76. The van der Waals surface area contributed by atoms with Crippen LogP contribution in [0.2, 0.25) is 10.0 Å². The maximum atomic E-state index is 12.1. The molecule has 1 unspecified atom stereocenters. The van der Waals surface area contributed by atoms with Gasteiger partial charge in [-0.05, 0) is 23.8 Å². The third-order valence-corrected chi connectivity index (χ3v) is 3.48. The van der Waals surface area contributed by atoms with Crippen LogP contribution in [0.25, 0.3) is 0 Å². The Morgan fingerprint density at radius 2 is 1.96 bits per heavy atom. The summed E-state index contributed by atoms with van der Waals surface area (Å²) in [5, 5.41) is 16.0. The topological polar surface area (TPSA) is 102 Å². The van der Waals surface area contributed by atoms with E-state index in [4.69, 9.17) is 32.5 Å². The lowest BCUT2D eigenvalue weighted by molar-refractivity contribution is -0.139. The van der Waals surface area contributed by atoms with Crippen molar-refractivity contribution < 1.29 is 24.0 Å². The molecule has 0 saturated heterocycles. The standard InChI is InChI=1S/C15H14Cl2N2O5/c1-23-7-11-6-12(19-24-11)14(20)18-13(15(21)22)4-8-2-9(16)5-10(17)3-8/h2-3,5-6,13H,4,7H2,1H3,(H,18,20)(H,21,22). The SMILES string of the molecule is COCc1cc(C(=O)NC(Cc2cc(Cl)cc(Cl)c2)C(=O)O)no1. The highest BCUT2D eigenvalue weighted by Gasteiger charge is 2.23. The van der Waals surface area contributed by atoms with Crippen LogP contribution in [0.1, 0.15) is 21.8 Å². The minimum absolute atomic E-state index is 0.0180. The summed E-state index contributed by atoms with van der Waals surface area (Å²) in [6.07, 6.45) is 0.0180. The van der Waals surface area contributed by atoms with Crippen LogP contribution in [-0.2, 0) is 22.6 Å². The number of aromatic nitrogens is 1. The fourth-order valence-electron chi connectivity index (χ4n) is 2.03. The molecule has 9 heteroatoms. The first-order valence-corrected chi connectivity index (χ1v) is 7.58. The van der Waals surface area contributed by atoms with Gasteiger partial charge in [0.1, 0.15) is 12.6 Å². The first kappa shape index (κ1) is 18.3. The van der Waals surface area contributed by atoms with Crippen molar-refractivity contribution in [2.45, 2.75) is 19.1 Å². The fraction of sp³-hybridized carbons (Fsp3) is 0.267. The highest BCUT2D eigenvalue weighted by atomic mass is 35.5. The van der Waals surface area contributed by atoms with Gasteiger partial charge in [-0.3, -0.25) is 4.79 Å². The molecule has 0 spiro atoms. The first-order valence-electron chi connectivity index (χ1n) is 6.82. The van der Waals surface area contributed by atoms with Crippen LogP contribution in [0.5, 0.6) is 0 Å². The number of carboxylic acids is 1. The summed E-state index contributed by atoms with van der Waals surface area (Å²) in [5.74, 6) is -1.50. The van der Waals surface area contributed by atoms with Crippen molar-refractivity contribution in [3.05, 3.63) is 51.3 Å². The molecule has 1 atom stereocenters. The van der Waals surface area contributed by atoms with Gasteiger partial charge in [0, 0.05) is 29.6 Å². The summed E-state index contributed by atoms with van der Waals surface area (Å²) in [7, 11) is 1.47. The number of carbonyl (C=O) groups excluding carboxylic acids is 1. The number of hydrogen-bond acceptors (Lipinski definition) is 5. The van der Waals surface area contributed by atoms with Gasteiger partial charge in [0.25, 0.3) is 5.91 Å². The Hall–Kier alpha value is -2.09. The molecule has 1 aromatic carbocycles. The number of methoxy groups -OCH3 is 1. The molecule has 0 saturated carbocycles. The maximum absolute atomic E-state index is 12.1. The van der Waals surface area contributed by atoms with Crippen molar-refractivity contribution in [3.63, 3.8) is 0 Å². The number of benzene rings is 1. The first-order chi connectivity index (χ1) is 11.4. The van der Waals surface area contributed by atoms with Crippen molar-refractivity contribution >= 4 is 35.1 Å². The quantitative estimate of drug-likeness (QED) is 0.774. The number of nitrogens with zero attached hydrogens (tertiary/aromatic N) is 1. The molecular formula is C15H14Cl2N2O5. The van der Waals surface area contributed by atoms with Gasteiger partial charge in [-0.15, -0.1) is 0 Å². The highest BCUT2D eigenvalue weighted by Crippen LogP contribution is 2.20. The van der Waals surface area contributed by atoms with Crippen LogP contribution in [0.4, 0.5) is 0 Å². The number of nitrogens with one attached hydrogen (secondary N) is 1. The molecule has 0 fully saturated rings. The second kappa shape index (κ2) is 8.14. The van der Waals surface area contributed by atoms with Gasteiger partial charge in [-0.2, -0.15) is 0 Å². The molecule has 0 aliphatic rings. The minimum atomic E-state index is -1.19. The van der Waals surface area contributed by atoms with Crippen LogP contribution >= 0.6 is 23.2 Å². The Kier molecular flexibility index (Phi) is 6.19. The van der Waals surface area contributed by atoms with E-state index >= 15 is 0 Å². The van der Waals surface area contributed by atoms with Crippen molar-refractivity contribution in [1.82, 2.24) is 10.5 Å². The maximum Gasteiger partial charge on any atom is 0.326 e. The summed E-state index contributed by atoms with van der Waals surface area (Å²) in [5.41, 5.74) is 0.554. The second-order valence-electron chi connectivity index (χ2n) is 4.96. The summed E-state index contributed by atoms with van der Waals surface area (Å²) >= 11 is 11.8. The van der Waals surface area contributed by atoms with Gasteiger partial charge in [-0.25, -0.2) is 4.79 Å². The molecule has 2 rings (SSSR count). The predicted octanol–water partition coefficient (Wildman–Crippen LogP) is 2.55. The van der Waals surface area contributed by atoms with E-state index in [0.717, 1.165) is 0 Å². The summed E-state index contributed by atoms with van der Waals surface area (Å²) in [6.45, 7) is 0.156. The average Bonchev–Trinajstić information content (AvgIpc) is 2.94. The van der Waals surface area contributed by atoms with E-state index in [-0.39, 0.29) is 18.7 Å². The lowest BCUT2D eigenvalue weighted by Gasteiger charge is -2.14. The molecule has 1 heterocycles. The van der Waals surface area contributed by atoms with Crippen molar-refractivity contribution in [1.29, 1.82) is 0 Å². The van der Waals surface area contributed by atoms with Gasteiger partial charge in [0.15, 0.2) is 11.5 Å². The molecule has 128 valence electrons. The largest absolute Gasteiger partial charge is 0.480 e. The van der Waals surface area contributed by atoms with E-state index in [2.05, 4.69) is 10.5 Å². The molecule has 2 N–H and O–H groups in total. The van der Waals surface area contributed by atoms with Crippen LogP contribution in [-0.4, -0.2) is 35.3 Å². The molecule has 1 aromatic heterocycles. The molecule has 7 nitrogen and oxygen atoms in total. The van der Waals surface area contributed by atoms with Crippen molar-refractivity contribution in [2.75, 3.05) is 7.11 Å². The Balaban J connectivity index is 2.09. The summed E-state index contributed by atoms with van der Waals surface area (Å²) in [6, 6.07) is 4.92. The van der Waals surface area contributed by atoms with E-state index in [0.29, 0.717) is 21.4 Å². The van der Waals surface area contributed by atoms with E-state index in [1.54, 1.807) is 12.1 Å². The molecule has 1 amide bonds. The molecule has 0 radical (unpaired) electrons. The van der Waals surface area contributed by atoms with Crippen LogP contribution < -0.4 is 5.32 Å². The number of carbonyl (C=O) groups is 2. The number of halogens is 2. The van der Waals surface area contributed by atoms with Crippen LogP contribution in [0, 0.1) is 0 Å². The van der Waals surface area contributed by atoms with E-state index in [1.165, 1.54) is 19.2 Å². The smallest absolute Gasteiger partial charge is 0.326 e. The number of ether oxygens (including phenoxy) is 1. The van der Waals surface area contributed by atoms with Crippen LogP contribution in [0.3, 0.4) is 0 Å². The van der Waals surface area contributed by atoms with E-state index < -0.39 is 17.9 Å². The molecule has 2 aromatic rings. The van der Waals surface area contributed by atoms with Gasteiger partial charge < -0.3 is 19.7 Å². The number of rotatable bonds is 7. The zero-order valence-electron chi connectivity index (χ0n) is 12.6. The molecule has 0 aliphatic carbocycles. The third kappa shape index (κ3) is 4.95. The Bertz CT molecular complexity index is 727. The van der Waals surface area contributed by atoms with Crippen molar-refractivity contribution in [2.24, 2.45) is 0 Å². The highest BCUT2D eigenvalue weighted by molar-refractivity contribution is 6.34. The normalized spacial score (nSPS) is 12.0. The number of aliphatic carboxylic acids is 1. The lowest BCUT2D eigenvalue weighted by atomic mass is 10.1. The minimum Gasteiger partial charge on any atom is -0.480 e. The molecule has 24 heavy (non-hydrogen) atoms. The van der Waals surface area contributed by atoms with Crippen molar-refractivity contribution in [3.8, 4) is 0 Å². The van der Waals surface area contributed by atoms with Gasteiger partial charge in [-0.1, -0.05) is 28.4 Å². The number of amides is 1. The number of carboxylic acid groups (broad SMARTS) is 1. The summed E-state index contributed by atoms with van der Waals surface area (Å²) in [4.78, 5) is 23.5. The average molecular weight is 373 g/mol. The fourth-order valence-corrected chi connectivity index (χ4v) is 2.60. The molecule has 0 bridgehead atoms. The van der Waals surface area contributed by atoms with Gasteiger partial charge in [0.05, 0.1) is 0 Å². The van der Waals surface area contributed by atoms with E-state index in [9.17, 15) is 14.7 Å². The Morgan fingerprint density at radius 3 is 2.54 bits per heavy atom. The van der Waals surface area contributed by atoms with Gasteiger partial charge in [0.2, 0.25) is 0 Å². The van der Waals surface area contributed by atoms with Crippen LogP contribution in [0.15, 0.2) is 28.8 Å².